The lowest BCUT2D eigenvalue weighted by Gasteiger charge is -2.37. The van der Waals surface area contributed by atoms with Gasteiger partial charge in [0.1, 0.15) is 0 Å². The molecule has 1 fully saturated rings. The molecular weight excluding hydrogens is 388 g/mol. The van der Waals surface area contributed by atoms with Crippen molar-refractivity contribution in [3.8, 4) is 0 Å². The fourth-order valence-corrected chi connectivity index (χ4v) is 4.14. The topological polar surface area (TPSA) is 90.6 Å². The predicted octanol–water partition coefficient (Wildman–Crippen LogP) is 4.26. The number of nitrogens with one attached hydrogen (secondary N) is 2. The Morgan fingerprint density at radius 3 is 2.16 bits per heavy atom. The molecule has 1 aliphatic carbocycles. The highest BCUT2D eigenvalue weighted by atomic mass is 16.3. The molecule has 1 amide bonds. The van der Waals surface area contributed by atoms with Gasteiger partial charge >= 0.3 is 0 Å². The Hall–Kier alpha value is -3.25. The van der Waals surface area contributed by atoms with E-state index in [2.05, 4.69) is 28.5 Å². The van der Waals surface area contributed by atoms with Crippen molar-refractivity contribution >= 4 is 28.7 Å². The molecule has 2 aromatic rings. The van der Waals surface area contributed by atoms with Gasteiger partial charge in [-0.25, -0.2) is 0 Å². The minimum Gasteiger partial charge on any atom is -0.399 e. The molecule has 162 valence electrons. The van der Waals surface area contributed by atoms with E-state index in [0.717, 1.165) is 54.3 Å². The van der Waals surface area contributed by atoms with Gasteiger partial charge in [-0.15, -0.1) is 0 Å². The second kappa shape index (κ2) is 9.27. The Balaban J connectivity index is 1.36. The first-order valence-corrected chi connectivity index (χ1v) is 10.9. The number of rotatable bonds is 5. The highest BCUT2D eigenvalue weighted by molar-refractivity contribution is 6.04. The summed E-state index contributed by atoms with van der Waals surface area (Å²) < 4.78 is 0. The summed E-state index contributed by atoms with van der Waals surface area (Å²) in [6.45, 7) is 3.92. The normalized spacial score (nSPS) is 19.4. The number of hydrogen-bond donors (Lipinski definition) is 4. The van der Waals surface area contributed by atoms with Crippen molar-refractivity contribution in [2.45, 2.75) is 32.3 Å². The van der Waals surface area contributed by atoms with E-state index in [1.54, 1.807) is 0 Å². The molecule has 1 aliphatic heterocycles. The maximum Gasteiger partial charge on any atom is 0.251 e. The van der Waals surface area contributed by atoms with E-state index in [4.69, 9.17) is 5.73 Å². The zero-order chi connectivity index (χ0) is 21.8. The molecule has 0 aromatic heterocycles. The summed E-state index contributed by atoms with van der Waals surface area (Å²) in [4.78, 5) is 15.1. The number of nitrogens with zero attached hydrogens (tertiary/aromatic N) is 1. The van der Waals surface area contributed by atoms with E-state index in [1.165, 1.54) is 5.70 Å². The number of hydrogen-bond acceptors (Lipinski definition) is 5. The number of anilines is 4. The van der Waals surface area contributed by atoms with Gasteiger partial charge < -0.3 is 26.4 Å². The van der Waals surface area contributed by atoms with Crippen LogP contribution in [0.3, 0.4) is 0 Å². The van der Waals surface area contributed by atoms with Crippen molar-refractivity contribution in [3.63, 3.8) is 0 Å². The number of amides is 1. The Morgan fingerprint density at radius 2 is 1.55 bits per heavy atom. The molecule has 6 heteroatoms. The molecule has 0 radical (unpaired) electrons. The summed E-state index contributed by atoms with van der Waals surface area (Å²) in [7, 11) is 0. The van der Waals surface area contributed by atoms with Gasteiger partial charge in [0.15, 0.2) is 0 Å². The number of carbonyl (C=O) groups excluding carboxylic acids is 1. The van der Waals surface area contributed by atoms with Crippen molar-refractivity contribution in [1.82, 2.24) is 4.90 Å². The third-order valence-corrected chi connectivity index (χ3v) is 5.95. The number of piperidine rings is 1. The van der Waals surface area contributed by atoms with Crippen LogP contribution in [0.4, 0.5) is 22.7 Å². The minimum atomic E-state index is -0.180. The Kier molecular flexibility index (Phi) is 6.28. The van der Waals surface area contributed by atoms with Gasteiger partial charge in [-0.2, -0.15) is 0 Å². The van der Waals surface area contributed by atoms with Crippen LogP contribution in [0.15, 0.2) is 72.0 Å². The second-order valence-corrected chi connectivity index (χ2v) is 8.39. The Labute approximate surface area is 183 Å². The molecule has 4 rings (SSSR count). The van der Waals surface area contributed by atoms with Crippen molar-refractivity contribution < 1.29 is 9.90 Å². The van der Waals surface area contributed by atoms with Crippen molar-refractivity contribution in [2.24, 2.45) is 5.92 Å². The number of likely N-dealkylation sites (tertiary alicyclic amines) is 1. The van der Waals surface area contributed by atoms with Crippen LogP contribution in [0.25, 0.3) is 0 Å². The zero-order valence-electron chi connectivity index (χ0n) is 17.8. The van der Waals surface area contributed by atoms with Crippen molar-refractivity contribution in [1.29, 1.82) is 0 Å². The number of nitrogens with two attached hydrogens (primary N) is 1. The molecule has 0 bridgehead atoms. The molecule has 1 heterocycles. The molecule has 6 nitrogen and oxygen atoms in total. The fourth-order valence-electron chi connectivity index (χ4n) is 4.14. The monoisotopic (exact) mass is 418 g/mol. The maximum absolute atomic E-state index is 12.8. The van der Waals surface area contributed by atoms with Crippen LogP contribution >= 0.6 is 0 Å². The summed E-state index contributed by atoms with van der Waals surface area (Å²) in [5.74, 6) is 0.225. The van der Waals surface area contributed by atoms with Gasteiger partial charge in [0, 0.05) is 53.0 Å². The average molecular weight is 419 g/mol. The zero-order valence-corrected chi connectivity index (χ0v) is 17.8. The summed E-state index contributed by atoms with van der Waals surface area (Å²) in [6.07, 6.45) is 6.16. The van der Waals surface area contributed by atoms with E-state index in [0.29, 0.717) is 6.42 Å². The van der Waals surface area contributed by atoms with E-state index >= 15 is 0 Å². The van der Waals surface area contributed by atoms with Crippen molar-refractivity contribution in [2.75, 3.05) is 29.5 Å². The molecule has 1 saturated heterocycles. The lowest BCUT2D eigenvalue weighted by atomic mass is 9.90. The smallest absolute Gasteiger partial charge is 0.251 e. The van der Waals surface area contributed by atoms with Gasteiger partial charge in [0.25, 0.3) is 5.91 Å². The number of allylic oxidation sites excluding steroid dienone is 3. The third-order valence-electron chi connectivity index (χ3n) is 5.95. The van der Waals surface area contributed by atoms with Gasteiger partial charge in [-0.1, -0.05) is 13.0 Å². The molecule has 0 saturated carbocycles. The highest BCUT2D eigenvalue weighted by Crippen LogP contribution is 2.30. The van der Waals surface area contributed by atoms with Crippen LogP contribution in [0.2, 0.25) is 0 Å². The van der Waals surface area contributed by atoms with Crippen LogP contribution in [-0.4, -0.2) is 35.1 Å². The maximum atomic E-state index is 12.8. The summed E-state index contributed by atoms with van der Waals surface area (Å²) in [5.41, 5.74) is 11.2. The fraction of sp³-hybridized carbons (Fsp3) is 0.320. The largest absolute Gasteiger partial charge is 0.399 e. The highest BCUT2D eigenvalue weighted by Gasteiger charge is 2.26. The third kappa shape index (κ3) is 5.27. The number of aliphatic hydroxyl groups excluding tert-OH is 1. The van der Waals surface area contributed by atoms with Gasteiger partial charge in [-0.3, -0.25) is 4.79 Å². The van der Waals surface area contributed by atoms with Gasteiger partial charge in [-0.05, 0) is 73.9 Å². The summed E-state index contributed by atoms with van der Waals surface area (Å²) in [5, 5.41) is 16.0. The Bertz CT molecular complexity index is 972. The SMILES string of the molecule is CC1CC(C(=O)Nc2ccc(Nc3ccc(N)cc3)cc2)=CC=C1N1CCC(O)CC1. The molecule has 1 atom stereocenters. The summed E-state index contributed by atoms with van der Waals surface area (Å²) in [6, 6.07) is 15.2. The second-order valence-electron chi connectivity index (χ2n) is 8.39. The molecule has 5 N–H and O–H groups in total. The molecule has 31 heavy (non-hydrogen) atoms. The van der Waals surface area contributed by atoms with E-state index in [1.807, 2.05) is 54.6 Å². The predicted molar refractivity (Wildman–Crippen MR) is 126 cm³/mol. The molecule has 1 unspecified atom stereocenters. The molecular formula is C25H30N4O2. The lowest BCUT2D eigenvalue weighted by Crippen LogP contribution is -2.37. The number of nitrogen functional groups attached to an aromatic ring is 1. The van der Waals surface area contributed by atoms with Crippen molar-refractivity contribution in [3.05, 3.63) is 72.0 Å². The standard InChI is InChI=1S/C25H30N4O2/c1-17-16-18(2-11-24(17)29-14-12-23(30)13-15-29)25(31)28-22-9-7-21(8-10-22)27-20-5-3-19(26)4-6-20/h2-11,17,23,27,30H,12-16,26H2,1H3,(H,28,31). The van der Waals surface area contributed by atoms with Gasteiger partial charge in [0.05, 0.1) is 6.10 Å². The van der Waals surface area contributed by atoms with Crippen LogP contribution in [0.1, 0.15) is 26.2 Å². The first-order chi connectivity index (χ1) is 15.0. The minimum absolute atomic E-state index is 0.0598. The van der Waals surface area contributed by atoms with E-state index in [9.17, 15) is 9.90 Å². The van der Waals surface area contributed by atoms with E-state index < -0.39 is 0 Å². The first kappa shape index (κ1) is 21.0. The molecule has 0 spiro atoms. The van der Waals surface area contributed by atoms with E-state index in [-0.39, 0.29) is 17.9 Å². The number of benzene rings is 2. The van der Waals surface area contributed by atoms with Crippen LogP contribution in [-0.2, 0) is 4.79 Å². The first-order valence-electron chi connectivity index (χ1n) is 10.9. The quantitative estimate of drug-likeness (QED) is 0.545. The van der Waals surface area contributed by atoms with Crippen LogP contribution in [0, 0.1) is 5.92 Å². The summed E-state index contributed by atoms with van der Waals surface area (Å²) >= 11 is 0. The average Bonchev–Trinajstić information content (AvgIpc) is 2.77. The van der Waals surface area contributed by atoms with Crippen LogP contribution < -0.4 is 16.4 Å². The molecule has 2 aliphatic rings. The molecule has 2 aromatic carbocycles. The number of aliphatic hydroxyl groups is 1. The van der Waals surface area contributed by atoms with Crippen LogP contribution in [0.5, 0.6) is 0 Å². The lowest BCUT2D eigenvalue weighted by molar-refractivity contribution is -0.113. The van der Waals surface area contributed by atoms with Gasteiger partial charge in [0.2, 0.25) is 0 Å². The number of carbonyl (C=O) groups is 1. The Morgan fingerprint density at radius 1 is 0.968 bits per heavy atom.